The summed E-state index contributed by atoms with van der Waals surface area (Å²) in [5.41, 5.74) is 3.70. The second-order valence-electron chi connectivity index (χ2n) is 6.03. The molecule has 1 aromatic rings. The number of urea groups is 1. The first-order chi connectivity index (χ1) is 8.28. The number of benzene rings is 1. The molecule has 0 spiro atoms. The molecule has 3 nitrogen and oxygen atoms in total. The average Bonchev–Trinajstić information content (AvgIpc) is 2.26. The van der Waals surface area contributed by atoms with E-state index >= 15 is 0 Å². The summed E-state index contributed by atoms with van der Waals surface area (Å²) in [4.78, 5) is 11.6. The minimum atomic E-state index is -0.106. The Morgan fingerprint density at radius 1 is 1.17 bits per heavy atom. The molecular formula is C15H24N2O. The number of hydrogen-bond acceptors (Lipinski definition) is 1. The molecule has 1 aromatic carbocycles. The van der Waals surface area contributed by atoms with E-state index in [9.17, 15) is 4.79 Å². The quantitative estimate of drug-likeness (QED) is 0.847. The Morgan fingerprint density at radius 2 is 1.83 bits per heavy atom. The third-order valence-corrected chi connectivity index (χ3v) is 2.72. The lowest BCUT2D eigenvalue weighted by molar-refractivity contribution is 0.235. The van der Waals surface area contributed by atoms with Gasteiger partial charge in [-0.3, -0.25) is 0 Å². The summed E-state index contributed by atoms with van der Waals surface area (Å²) in [5.74, 6) is 0. The van der Waals surface area contributed by atoms with Crippen LogP contribution in [0, 0.1) is 19.3 Å². The topological polar surface area (TPSA) is 41.1 Å². The third-order valence-electron chi connectivity index (χ3n) is 2.72. The molecule has 0 saturated carbocycles. The van der Waals surface area contributed by atoms with Crippen LogP contribution in [-0.4, -0.2) is 12.6 Å². The van der Waals surface area contributed by atoms with Crippen molar-refractivity contribution < 1.29 is 4.79 Å². The lowest BCUT2D eigenvalue weighted by atomic mass is 9.97. The van der Waals surface area contributed by atoms with Crippen molar-refractivity contribution in [1.29, 1.82) is 0 Å². The molecule has 0 unspecified atom stereocenters. The number of rotatable bonds is 3. The lowest BCUT2D eigenvalue weighted by Crippen LogP contribution is -2.39. The first-order valence-corrected chi connectivity index (χ1v) is 6.36. The summed E-state index contributed by atoms with van der Waals surface area (Å²) in [6.07, 6.45) is 0. The van der Waals surface area contributed by atoms with Crippen LogP contribution in [-0.2, 0) is 6.54 Å². The molecular weight excluding hydrogens is 224 g/mol. The molecule has 0 bridgehead atoms. The predicted octanol–water partition coefficient (Wildman–Crippen LogP) is 3.15. The first-order valence-electron chi connectivity index (χ1n) is 6.36. The van der Waals surface area contributed by atoms with Gasteiger partial charge < -0.3 is 10.6 Å². The van der Waals surface area contributed by atoms with Crippen LogP contribution in [0.3, 0.4) is 0 Å². The van der Waals surface area contributed by atoms with E-state index in [0.29, 0.717) is 13.1 Å². The monoisotopic (exact) mass is 248 g/mol. The van der Waals surface area contributed by atoms with E-state index in [0.717, 1.165) is 0 Å². The maximum absolute atomic E-state index is 11.6. The Balaban J connectivity index is 2.45. The molecule has 0 atom stereocenters. The number of amides is 2. The molecule has 0 aromatic heterocycles. The Morgan fingerprint density at radius 3 is 2.44 bits per heavy atom. The number of nitrogens with one attached hydrogen (secondary N) is 2. The SMILES string of the molecule is Cc1ccc(C)c(CNC(=O)NCC(C)(C)C)c1. The average molecular weight is 248 g/mol. The normalized spacial score (nSPS) is 11.2. The van der Waals surface area contributed by atoms with Crippen molar-refractivity contribution in [2.24, 2.45) is 5.41 Å². The molecule has 0 saturated heterocycles. The second-order valence-corrected chi connectivity index (χ2v) is 6.03. The van der Waals surface area contributed by atoms with E-state index in [1.54, 1.807) is 0 Å². The van der Waals surface area contributed by atoms with Gasteiger partial charge >= 0.3 is 6.03 Å². The van der Waals surface area contributed by atoms with E-state index < -0.39 is 0 Å². The van der Waals surface area contributed by atoms with Crippen LogP contribution in [0.5, 0.6) is 0 Å². The minimum Gasteiger partial charge on any atom is -0.338 e. The Kier molecular flexibility index (Phi) is 4.76. The van der Waals surface area contributed by atoms with Gasteiger partial charge in [-0.05, 0) is 30.4 Å². The molecule has 0 heterocycles. The minimum absolute atomic E-state index is 0.106. The molecule has 100 valence electrons. The molecule has 18 heavy (non-hydrogen) atoms. The summed E-state index contributed by atoms with van der Waals surface area (Å²) in [5, 5.41) is 5.77. The largest absolute Gasteiger partial charge is 0.338 e. The van der Waals surface area contributed by atoms with Gasteiger partial charge in [-0.15, -0.1) is 0 Å². The van der Waals surface area contributed by atoms with Crippen LogP contribution in [0.25, 0.3) is 0 Å². The fourth-order valence-corrected chi connectivity index (χ4v) is 1.57. The molecule has 3 heteroatoms. The summed E-state index contributed by atoms with van der Waals surface area (Å²) < 4.78 is 0. The van der Waals surface area contributed by atoms with Gasteiger partial charge in [0.25, 0.3) is 0 Å². The van der Waals surface area contributed by atoms with Gasteiger partial charge in [0.05, 0.1) is 0 Å². The molecule has 2 N–H and O–H groups in total. The second kappa shape index (κ2) is 5.89. The maximum Gasteiger partial charge on any atom is 0.315 e. The Bertz CT molecular complexity index is 419. The molecule has 0 aliphatic heterocycles. The van der Waals surface area contributed by atoms with Crippen LogP contribution in [0.4, 0.5) is 4.79 Å². The summed E-state index contributed by atoms with van der Waals surface area (Å²) in [6, 6.07) is 6.17. The molecule has 0 aliphatic rings. The fourth-order valence-electron chi connectivity index (χ4n) is 1.57. The molecule has 0 radical (unpaired) electrons. The van der Waals surface area contributed by atoms with Crippen molar-refractivity contribution in [1.82, 2.24) is 10.6 Å². The van der Waals surface area contributed by atoms with Crippen molar-refractivity contribution in [2.45, 2.75) is 41.2 Å². The summed E-state index contributed by atoms with van der Waals surface area (Å²) >= 11 is 0. The standard InChI is InChI=1S/C15H24N2O/c1-11-6-7-12(2)13(8-11)9-16-14(18)17-10-15(3,4)5/h6-8H,9-10H2,1-5H3,(H2,16,17,18). The van der Waals surface area contributed by atoms with Gasteiger partial charge in [0.1, 0.15) is 0 Å². The number of carbonyl (C=O) groups is 1. The lowest BCUT2D eigenvalue weighted by Gasteiger charge is -2.19. The predicted molar refractivity (Wildman–Crippen MR) is 75.6 cm³/mol. The highest BCUT2D eigenvalue weighted by atomic mass is 16.2. The molecule has 0 aliphatic carbocycles. The fraction of sp³-hybridized carbons (Fsp3) is 0.533. The number of carbonyl (C=O) groups excluding carboxylic acids is 1. The van der Waals surface area contributed by atoms with E-state index in [-0.39, 0.29) is 11.4 Å². The van der Waals surface area contributed by atoms with Crippen LogP contribution in [0.1, 0.15) is 37.5 Å². The van der Waals surface area contributed by atoms with Crippen LogP contribution in [0.15, 0.2) is 18.2 Å². The van der Waals surface area contributed by atoms with E-state index in [4.69, 9.17) is 0 Å². The van der Waals surface area contributed by atoms with Crippen molar-refractivity contribution in [2.75, 3.05) is 6.54 Å². The summed E-state index contributed by atoms with van der Waals surface area (Å²) in [7, 11) is 0. The number of aryl methyl sites for hydroxylation is 2. The van der Waals surface area contributed by atoms with Gasteiger partial charge in [-0.2, -0.15) is 0 Å². The van der Waals surface area contributed by atoms with Gasteiger partial charge in [0.2, 0.25) is 0 Å². The Hall–Kier alpha value is -1.51. The smallest absolute Gasteiger partial charge is 0.315 e. The van der Waals surface area contributed by atoms with Gasteiger partial charge in [-0.1, -0.05) is 44.5 Å². The van der Waals surface area contributed by atoms with Crippen molar-refractivity contribution >= 4 is 6.03 Å². The van der Waals surface area contributed by atoms with Crippen molar-refractivity contribution in [3.05, 3.63) is 34.9 Å². The van der Waals surface area contributed by atoms with Crippen molar-refractivity contribution in [3.63, 3.8) is 0 Å². The highest BCUT2D eigenvalue weighted by Crippen LogP contribution is 2.11. The molecule has 2 amide bonds. The van der Waals surface area contributed by atoms with E-state index in [1.165, 1.54) is 16.7 Å². The maximum atomic E-state index is 11.6. The zero-order chi connectivity index (χ0) is 13.8. The van der Waals surface area contributed by atoms with E-state index in [1.807, 2.05) is 0 Å². The highest BCUT2D eigenvalue weighted by Gasteiger charge is 2.11. The first kappa shape index (κ1) is 14.6. The third kappa shape index (κ3) is 5.21. The zero-order valence-corrected chi connectivity index (χ0v) is 12.1. The number of hydrogen-bond donors (Lipinski definition) is 2. The summed E-state index contributed by atoms with van der Waals surface area (Å²) in [6.45, 7) is 11.6. The van der Waals surface area contributed by atoms with Gasteiger partial charge in [-0.25, -0.2) is 4.79 Å². The highest BCUT2D eigenvalue weighted by molar-refractivity contribution is 5.73. The Labute approximate surface area is 110 Å². The van der Waals surface area contributed by atoms with Crippen molar-refractivity contribution in [3.8, 4) is 0 Å². The van der Waals surface area contributed by atoms with Crippen LogP contribution >= 0.6 is 0 Å². The van der Waals surface area contributed by atoms with E-state index in [2.05, 4.69) is 63.5 Å². The van der Waals surface area contributed by atoms with Gasteiger partial charge in [0.15, 0.2) is 0 Å². The van der Waals surface area contributed by atoms with Gasteiger partial charge in [0, 0.05) is 13.1 Å². The van der Waals surface area contributed by atoms with Crippen LogP contribution in [0.2, 0.25) is 0 Å². The molecule has 1 rings (SSSR count). The van der Waals surface area contributed by atoms with Crippen LogP contribution < -0.4 is 10.6 Å². The molecule has 0 fully saturated rings. The zero-order valence-electron chi connectivity index (χ0n) is 12.1.